The highest BCUT2D eigenvalue weighted by atomic mass is 16.1. The van der Waals surface area contributed by atoms with Crippen LogP contribution >= 0.6 is 0 Å². The van der Waals surface area contributed by atoms with Gasteiger partial charge in [-0.2, -0.15) is 0 Å². The zero-order valence-corrected chi connectivity index (χ0v) is 10.4. The standard InChI is InChI=1S/C12H24N2O/c1-5-12(3,4)8-14-11(15)10-6-7-13-9(10)2/h9-10,13H,5-8H2,1-4H3,(H,14,15). The molecule has 1 amide bonds. The zero-order valence-electron chi connectivity index (χ0n) is 10.4. The fourth-order valence-electron chi connectivity index (χ4n) is 1.80. The van der Waals surface area contributed by atoms with Gasteiger partial charge in [0.15, 0.2) is 0 Å². The van der Waals surface area contributed by atoms with E-state index >= 15 is 0 Å². The lowest BCUT2D eigenvalue weighted by atomic mass is 9.90. The molecule has 0 aromatic rings. The summed E-state index contributed by atoms with van der Waals surface area (Å²) in [5.74, 6) is 0.381. The first-order valence-corrected chi connectivity index (χ1v) is 5.97. The maximum Gasteiger partial charge on any atom is 0.224 e. The number of amides is 1. The molecule has 2 unspecified atom stereocenters. The topological polar surface area (TPSA) is 41.1 Å². The summed E-state index contributed by atoms with van der Waals surface area (Å²) in [5.41, 5.74) is 0.213. The van der Waals surface area contributed by atoms with E-state index < -0.39 is 0 Å². The van der Waals surface area contributed by atoms with Crippen LogP contribution in [0.15, 0.2) is 0 Å². The minimum atomic E-state index is 0.164. The van der Waals surface area contributed by atoms with Crippen molar-refractivity contribution >= 4 is 5.91 Å². The summed E-state index contributed by atoms with van der Waals surface area (Å²) < 4.78 is 0. The summed E-state index contributed by atoms with van der Waals surface area (Å²) in [4.78, 5) is 11.9. The summed E-state index contributed by atoms with van der Waals surface area (Å²) in [6.07, 6.45) is 2.06. The molecule has 0 aliphatic carbocycles. The first-order chi connectivity index (χ1) is 6.96. The number of carbonyl (C=O) groups is 1. The van der Waals surface area contributed by atoms with Gasteiger partial charge in [-0.15, -0.1) is 0 Å². The van der Waals surface area contributed by atoms with Crippen LogP contribution in [0.1, 0.15) is 40.5 Å². The van der Waals surface area contributed by atoms with Crippen molar-refractivity contribution in [3.05, 3.63) is 0 Å². The molecule has 1 aliphatic rings. The maximum absolute atomic E-state index is 11.9. The van der Waals surface area contributed by atoms with Crippen LogP contribution in [0.5, 0.6) is 0 Å². The third-order valence-corrected chi connectivity index (χ3v) is 3.56. The van der Waals surface area contributed by atoms with E-state index in [-0.39, 0.29) is 17.2 Å². The van der Waals surface area contributed by atoms with Crippen molar-refractivity contribution < 1.29 is 4.79 Å². The minimum Gasteiger partial charge on any atom is -0.355 e. The highest BCUT2D eigenvalue weighted by molar-refractivity contribution is 5.79. The van der Waals surface area contributed by atoms with Crippen LogP contribution in [0.3, 0.4) is 0 Å². The van der Waals surface area contributed by atoms with Gasteiger partial charge in [0.2, 0.25) is 5.91 Å². The van der Waals surface area contributed by atoms with Gasteiger partial charge in [0.05, 0.1) is 5.92 Å². The smallest absolute Gasteiger partial charge is 0.224 e. The summed E-state index contributed by atoms with van der Waals surface area (Å²) in [7, 11) is 0. The highest BCUT2D eigenvalue weighted by Crippen LogP contribution is 2.19. The molecule has 3 heteroatoms. The Hall–Kier alpha value is -0.570. The Bertz CT molecular complexity index is 226. The second-order valence-electron chi connectivity index (χ2n) is 5.37. The van der Waals surface area contributed by atoms with Crippen molar-refractivity contribution in [2.75, 3.05) is 13.1 Å². The Kier molecular flexibility index (Phi) is 4.14. The second-order valence-corrected chi connectivity index (χ2v) is 5.37. The Morgan fingerprint density at radius 3 is 2.67 bits per heavy atom. The molecule has 0 saturated carbocycles. The number of rotatable bonds is 4. The van der Waals surface area contributed by atoms with Gasteiger partial charge < -0.3 is 10.6 Å². The van der Waals surface area contributed by atoms with Crippen molar-refractivity contribution in [3.8, 4) is 0 Å². The van der Waals surface area contributed by atoms with Gasteiger partial charge in [0, 0.05) is 12.6 Å². The van der Waals surface area contributed by atoms with Gasteiger partial charge in [-0.25, -0.2) is 0 Å². The van der Waals surface area contributed by atoms with E-state index in [0.29, 0.717) is 6.04 Å². The van der Waals surface area contributed by atoms with Gasteiger partial charge in [-0.3, -0.25) is 4.79 Å². The monoisotopic (exact) mass is 212 g/mol. The lowest BCUT2D eigenvalue weighted by molar-refractivity contribution is -0.125. The molecule has 1 fully saturated rings. The molecule has 88 valence electrons. The molecular formula is C12H24N2O. The number of carbonyl (C=O) groups excluding carboxylic acids is 1. The molecule has 0 radical (unpaired) electrons. The van der Waals surface area contributed by atoms with E-state index in [1.807, 2.05) is 0 Å². The SMILES string of the molecule is CCC(C)(C)CNC(=O)C1CCNC1C. The fourth-order valence-corrected chi connectivity index (χ4v) is 1.80. The molecule has 15 heavy (non-hydrogen) atoms. The molecule has 1 rings (SSSR count). The van der Waals surface area contributed by atoms with Crippen molar-refractivity contribution in [1.29, 1.82) is 0 Å². The molecule has 2 N–H and O–H groups in total. The molecule has 0 spiro atoms. The Morgan fingerprint density at radius 1 is 1.53 bits per heavy atom. The Labute approximate surface area is 93.0 Å². The molecular weight excluding hydrogens is 188 g/mol. The van der Waals surface area contributed by atoms with Crippen LogP contribution in [0, 0.1) is 11.3 Å². The minimum absolute atomic E-state index is 0.164. The van der Waals surface area contributed by atoms with Crippen molar-refractivity contribution in [3.63, 3.8) is 0 Å². The third kappa shape index (κ3) is 3.49. The summed E-state index contributed by atoms with van der Waals surface area (Å²) >= 11 is 0. The first kappa shape index (κ1) is 12.5. The summed E-state index contributed by atoms with van der Waals surface area (Å²) in [6.45, 7) is 10.4. The van der Waals surface area contributed by atoms with E-state index in [0.717, 1.165) is 25.9 Å². The second kappa shape index (κ2) is 4.97. The average Bonchev–Trinajstić information content (AvgIpc) is 2.61. The van der Waals surface area contributed by atoms with Crippen molar-refractivity contribution in [2.24, 2.45) is 11.3 Å². The van der Waals surface area contributed by atoms with Crippen LogP contribution in [-0.4, -0.2) is 25.0 Å². The zero-order chi connectivity index (χ0) is 11.5. The molecule has 1 heterocycles. The number of hydrogen-bond acceptors (Lipinski definition) is 2. The Balaban J connectivity index is 2.36. The van der Waals surface area contributed by atoms with E-state index in [2.05, 4.69) is 38.3 Å². The lowest BCUT2D eigenvalue weighted by Gasteiger charge is -2.24. The van der Waals surface area contributed by atoms with Gasteiger partial charge in [-0.05, 0) is 31.7 Å². The van der Waals surface area contributed by atoms with Gasteiger partial charge in [0.25, 0.3) is 0 Å². The molecule has 0 bridgehead atoms. The largest absolute Gasteiger partial charge is 0.355 e. The molecule has 1 aliphatic heterocycles. The summed E-state index contributed by atoms with van der Waals surface area (Å²) in [6, 6.07) is 0.328. The van der Waals surface area contributed by atoms with Crippen LogP contribution in [0.4, 0.5) is 0 Å². The fraction of sp³-hybridized carbons (Fsp3) is 0.917. The predicted molar refractivity (Wildman–Crippen MR) is 62.7 cm³/mol. The quantitative estimate of drug-likeness (QED) is 0.742. The van der Waals surface area contributed by atoms with Gasteiger partial charge >= 0.3 is 0 Å². The van der Waals surface area contributed by atoms with E-state index in [9.17, 15) is 4.79 Å². The molecule has 0 aromatic carbocycles. The van der Waals surface area contributed by atoms with Gasteiger partial charge in [-0.1, -0.05) is 20.8 Å². The Morgan fingerprint density at radius 2 is 2.20 bits per heavy atom. The van der Waals surface area contributed by atoms with Crippen LogP contribution in [-0.2, 0) is 4.79 Å². The van der Waals surface area contributed by atoms with E-state index in [1.165, 1.54) is 0 Å². The van der Waals surface area contributed by atoms with E-state index in [4.69, 9.17) is 0 Å². The number of nitrogens with one attached hydrogen (secondary N) is 2. The number of hydrogen-bond donors (Lipinski definition) is 2. The maximum atomic E-state index is 11.9. The third-order valence-electron chi connectivity index (χ3n) is 3.56. The van der Waals surface area contributed by atoms with Crippen LogP contribution < -0.4 is 10.6 Å². The van der Waals surface area contributed by atoms with E-state index in [1.54, 1.807) is 0 Å². The normalized spacial score (nSPS) is 26.7. The molecule has 2 atom stereocenters. The molecule has 1 saturated heterocycles. The molecule has 3 nitrogen and oxygen atoms in total. The molecule has 0 aromatic heterocycles. The van der Waals surface area contributed by atoms with Crippen molar-refractivity contribution in [1.82, 2.24) is 10.6 Å². The predicted octanol–water partition coefficient (Wildman–Crippen LogP) is 1.54. The average molecular weight is 212 g/mol. The first-order valence-electron chi connectivity index (χ1n) is 5.97. The van der Waals surface area contributed by atoms with Gasteiger partial charge in [0.1, 0.15) is 0 Å². The highest BCUT2D eigenvalue weighted by Gasteiger charge is 2.29. The van der Waals surface area contributed by atoms with Crippen LogP contribution in [0.2, 0.25) is 0 Å². The lowest BCUT2D eigenvalue weighted by Crippen LogP contribution is -2.40. The summed E-state index contributed by atoms with van der Waals surface area (Å²) in [5, 5.41) is 6.37. The van der Waals surface area contributed by atoms with Crippen molar-refractivity contribution in [2.45, 2.75) is 46.6 Å². The van der Waals surface area contributed by atoms with Crippen LogP contribution in [0.25, 0.3) is 0 Å².